The summed E-state index contributed by atoms with van der Waals surface area (Å²) in [6, 6.07) is 5.96. The number of carboxylic acid groups (broad SMARTS) is 1. The highest BCUT2D eigenvalue weighted by molar-refractivity contribution is 5.99. The highest BCUT2D eigenvalue weighted by atomic mass is 16.4. The van der Waals surface area contributed by atoms with Gasteiger partial charge >= 0.3 is 6.09 Å². The molecule has 4 aromatic rings. The van der Waals surface area contributed by atoms with Crippen LogP contribution in [0.5, 0.6) is 0 Å². The monoisotopic (exact) mass is 392 g/mol. The summed E-state index contributed by atoms with van der Waals surface area (Å²) < 4.78 is 1.92. The van der Waals surface area contributed by atoms with Gasteiger partial charge in [0.05, 0.1) is 17.1 Å². The van der Waals surface area contributed by atoms with E-state index in [9.17, 15) is 4.79 Å². The molecule has 1 aliphatic carbocycles. The Labute approximate surface area is 165 Å². The van der Waals surface area contributed by atoms with E-state index in [1.165, 1.54) is 6.33 Å². The Morgan fingerprint density at radius 2 is 2.07 bits per heavy atom. The lowest BCUT2D eigenvalue weighted by molar-refractivity contribution is 0.182. The van der Waals surface area contributed by atoms with Crippen molar-refractivity contribution in [2.24, 2.45) is 0 Å². The van der Waals surface area contributed by atoms with Crippen molar-refractivity contribution >= 4 is 34.0 Å². The molecule has 0 bridgehead atoms. The van der Waals surface area contributed by atoms with Gasteiger partial charge in [-0.1, -0.05) is 0 Å². The molecule has 0 spiro atoms. The summed E-state index contributed by atoms with van der Waals surface area (Å²) in [5.74, 6) is 0.379. The molecule has 0 saturated heterocycles. The van der Waals surface area contributed by atoms with Crippen LogP contribution in [-0.4, -0.2) is 47.0 Å². The molecule has 0 atom stereocenters. The molecule has 4 aromatic heterocycles. The minimum absolute atomic E-state index is 0.0236. The first-order valence-electron chi connectivity index (χ1n) is 9.52. The first-order chi connectivity index (χ1) is 14.1. The number of hydrogen-bond donors (Lipinski definition) is 4. The molecule has 148 valence electrons. The number of nitrogens with one attached hydrogen (secondary N) is 2. The van der Waals surface area contributed by atoms with E-state index < -0.39 is 6.09 Å². The average molecular weight is 392 g/mol. The van der Waals surface area contributed by atoms with Gasteiger partial charge in [-0.3, -0.25) is 0 Å². The molecule has 5 rings (SSSR count). The van der Waals surface area contributed by atoms with Gasteiger partial charge in [-0.2, -0.15) is 5.10 Å². The second-order valence-corrected chi connectivity index (χ2v) is 7.33. The fraction of sp³-hybridized carbons (Fsp3) is 0.316. The zero-order valence-corrected chi connectivity index (χ0v) is 15.5. The van der Waals surface area contributed by atoms with Crippen molar-refractivity contribution < 1.29 is 9.90 Å². The second kappa shape index (κ2) is 6.73. The Kier molecular flexibility index (Phi) is 4.04. The molecule has 1 amide bonds. The Balaban J connectivity index is 1.56. The van der Waals surface area contributed by atoms with Crippen molar-refractivity contribution in [3.8, 4) is 11.4 Å². The zero-order chi connectivity index (χ0) is 20.0. The third kappa shape index (κ3) is 3.02. The van der Waals surface area contributed by atoms with E-state index in [4.69, 9.17) is 15.9 Å². The van der Waals surface area contributed by atoms with Gasteiger partial charge in [-0.15, -0.1) is 0 Å². The van der Waals surface area contributed by atoms with Crippen molar-refractivity contribution in [2.45, 2.75) is 37.8 Å². The molecule has 0 radical (unpaired) electrons. The smallest absolute Gasteiger partial charge is 0.404 e. The van der Waals surface area contributed by atoms with E-state index >= 15 is 0 Å². The van der Waals surface area contributed by atoms with Gasteiger partial charge in [-0.25, -0.2) is 24.4 Å². The van der Waals surface area contributed by atoms with Gasteiger partial charge in [0.2, 0.25) is 0 Å². The fourth-order valence-corrected chi connectivity index (χ4v) is 4.16. The number of nitrogens with two attached hydrogens (primary N) is 1. The number of rotatable bonds is 3. The van der Waals surface area contributed by atoms with Crippen LogP contribution >= 0.6 is 0 Å². The lowest BCUT2D eigenvalue weighted by atomic mass is 9.91. The number of H-pyrrole nitrogens is 1. The van der Waals surface area contributed by atoms with Crippen LogP contribution in [0.3, 0.4) is 0 Å². The SMILES string of the molecule is Nc1ncnc2c1c(-c1cc3cccnc3[nH]1)nn2C1CCC(NC(=O)O)CC1. The maximum atomic E-state index is 10.9. The minimum atomic E-state index is -0.979. The average Bonchev–Trinajstić information content (AvgIpc) is 3.30. The van der Waals surface area contributed by atoms with Crippen molar-refractivity contribution in [2.75, 3.05) is 5.73 Å². The van der Waals surface area contributed by atoms with Crippen LogP contribution in [0.1, 0.15) is 31.7 Å². The first kappa shape index (κ1) is 17.4. The van der Waals surface area contributed by atoms with Crippen LogP contribution in [0, 0.1) is 0 Å². The number of nitrogen functional groups attached to an aromatic ring is 1. The summed E-state index contributed by atoms with van der Waals surface area (Å²) >= 11 is 0. The lowest BCUT2D eigenvalue weighted by Gasteiger charge is -2.28. The topological polar surface area (TPSA) is 148 Å². The standard InChI is InChI=1S/C19H20N8O2/c20-16-14-15(13-8-10-2-1-7-21-17(10)25-13)26-27(18(14)23-9-22-16)12-5-3-11(4-6-12)24-19(28)29/h1-2,7-9,11-12,24H,3-6H2,(H,21,25)(H,28,29)(H2,20,22,23). The summed E-state index contributed by atoms with van der Waals surface area (Å²) in [5, 5.41) is 18.1. The molecule has 0 unspecified atom stereocenters. The largest absolute Gasteiger partial charge is 0.465 e. The van der Waals surface area contributed by atoms with Crippen LogP contribution in [0.25, 0.3) is 33.5 Å². The second-order valence-electron chi connectivity index (χ2n) is 7.33. The number of anilines is 1. The molecule has 5 N–H and O–H groups in total. The van der Waals surface area contributed by atoms with Crippen LogP contribution < -0.4 is 11.1 Å². The third-order valence-electron chi connectivity index (χ3n) is 5.54. The molecule has 0 aliphatic heterocycles. The zero-order valence-electron chi connectivity index (χ0n) is 15.5. The van der Waals surface area contributed by atoms with E-state index in [0.717, 1.165) is 42.4 Å². The number of pyridine rings is 1. The molecule has 29 heavy (non-hydrogen) atoms. The van der Waals surface area contributed by atoms with Gasteiger partial charge in [0.1, 0.15) is 23.5 Å². The number of amides is 1. The van der Waals surface area contributed by atoms with Gasteiger partial charge < -0.3 is 21.1 Å². The van der Waals surface area contributed by atoms with E-state index in [1.54, 1.807) is 6.20 Å². The summed E-state index contributed by atoms with van der Waals surface area (Å²) in [4.78, 5) is 27.2. The number of nitrogens with zero attached hydrogens (tertiary/aromatic N) is 5. The summed E-state index contributed by atoms with van der Waals surface area (Å²) in [5.41, 5.74) is 9.17. The number of hydrogen-bond acceptors (Lipinski definition) is 6. The molecule has 4 heterocycles. The molecule has 1 aliphatic rings. The normalized spacial score (nSPS) is 19.6. The molecular weight excluding hydrogens is 372 g/mol. The van der Waals surface area contributed by atoms with Crippen LogP contribution in [-0.2, 0) is 0 Å². The maximum absolute atomic E-state index is 10.9. The van der Waals surface area contributed by atoms with Gasteiger partial charge in [0.15, 0.2) is 5.65 Å². The van der Waals surface area contributed by atoms with Crippen molar-refractivity contribution in [1.82, 2.24) is 35.0 Å². The van der Waals surface area contributed by atoms with E-state index in [-0.39, 0.29) is 12.1 Å². The Morgan fingerprint density at radius 3 is 2.83 bits per heavy atom. The fourth-order valence-electron chi connectivity index (χ4n) is 4.16. The Hall–Kier alpha value is -3.69. The lowest BCUT2D eigenvalue weighted by Crippen LogP contribution is -2.37. The number of aromatic nitrogens is 6. The third-order valence-corrected chi connectivity index (χ3v) is 5.54. The van der Waals surface area contributed by atoms with Crippen LogP contribution in [0.2, 0.25) is 0 Å². The maximum Gasteiger partial charge on any atom is 0.404 e. The molecule has 10 nitrogen and oxygen atoms in total. The summed E-state index contributed by atoms with van der Waals surface area (Å²) in [6.07, 6.45) is 5.33. The summed E-state index contributed by atoms with van der Waals surface area (Å²) in [7, 11) is 0. The van der Waals surface area contributed by atoms with E-state index in [0.29, 0.717) is 22.5 Å². The number of aromatic amines is 1. The van der Waals surface area contributed by atoms with Gasteiger partial charge in [-0.05, 0) is 43.9 Å². The summed E-state index contributed by atoms with van der Waals surface area (Å²) in [6.45, 7) is 0. The molecular formula is C19H20N8O2. The quantitative estimate of drug-likeness (QED) is 0.419. The molecule has 0 aromatic carbocycles. The molecule has 1 saturated carbocycles. The molecule has 1 fully saturated rings. The highest BCUT2D eigenvalue weighted by Gasteiger charge is 2.28. The molecule has 10 heteroatoms. The minimum Gasteiger partial charge on any atom is -0.465 e. The predicted molar refractivity (Wildman–Crippen MR) is 107 cm³/mol. The first-order valence-corrected chi connectivity index (χ1v) is 9.52. The number of carbonyl (C=O) groups is 1. The predicted octanol–water partition coefficient (Wildman–Crippen LogP) is 2.70. The van der Waals surface area contributed by atoms with Crippen LogP contribution in [0.4, 0.5) is 10.6 Å². The van der Waals surface area contributed by atoms with Gasteiger partial charge in [0, 0.05) is 17.6 Å². The van der Waals surface area contributed by atoms with Crippen molar-refractivity contribution in [3.63, 3.8) is 0 Å². The number of fused-ring (bicyclic) bond motifs is 2. The van der Waals surface area contributed by atoms with Gasteiger partial charge in [0.25, 0.3) is 0 Å². The van der Waals surface area contributed by atoms with Crippen molar-refractivity contribution in [1.29, 1.82) is 0 Å². The van der Waals surface area contributed by atoms with Crippen LogP contribution in [0.15, 0.2) is 30.7 Å². The highest BCUT2D eigenvalue weighted by Crippen LogP contribution is 2.36. The Morgan fingerprint density at radius 1 is 1.24 bits per heavy atom. The Bertz CT molecular complexity index is 1170. The van der Waals surface area contributed by atoms with E-state index in [2.05, 4.69) is 25.3 Å². The van der Waals surface area contributed by atoms with E-state index in [1.807, 2.05) is 22.9 Å². The van der Waals surface area contributed by atoms with Crippen molar-refractivity contribution in [3.05, 3.63) is 30.7 Å².